The predicted octanol–water partition coefficient (Wildman–Crippen LogP) is 4.35. The Kier molecular flexibility index (Phi) is 3.18. The van der Waals surface area contributed by atoms with Gasteiger partial charge in [0.25, 0.3) is 0 Å². The topological polar surface area (TPSA) is 64.9 Å². The summed E-state index contributed by atoms with van der Waals surface area (Å²) in [6, 6.07) is 5.26. The lowest BCUT2D eigenvalue weighted by Crippen LogP contribution is -1.88. The van der Waals surface area contributed by atoms with Crippen molar-refractivity contribution in [1.29, 1.82) is 0 Å². The summed E-state index contributed by atoms with van der Waals surface area (Å²) in [6.45, 7) is 0. The van der Waals surface area contributed by atoms with E-state index in [1.54, 1.807) is 23.8 Å². The van der Waals surface area contributed by atoms with Crippen molar-refractivity contribution in [2.45, 2.75) is 0 Å². The Morgan fingerprint density at radius 2 is 2.05 bits per heavy atom. The molecule has 7 heteroatoms. The van der Waals surface area contributed by atoms with E-state index in [1.807, 2.05) is 6.07 Å². The largest absolute Gasteiger partial charge is 0.380 e. The lowest BCUT2D eigenvalue weighted by Gasteiger charge is -2.03. The number of hydrogen-bond donors (Lipinski definition) is 1. The smallest absolute Gasteiger partial charge is 0.188 e. The van der Waals surface area contributed by atoms with Gasteiger partial charge in [0.2, 0.25) is 0 Å². The van der Waals surface area contributed by atoms with Crippen LogP contribution in [0.25, 0.3) is 21.8 Å². The van der Waals surface area contributed by atoms with Gasteiger partial charge in [-0.05, 0) is 17.7 Å². The number of halogens is 2. The molecule has 0 saturated heterocycles. The molecule has 0 fully saturated rings. The fourth-order valence-corrected chi connectivity index (χ4v) is 2.63. The van der Waals surface area contributed by atoms with Crippen LogP contribution in [0.15, 0.2) is 34.4 Å². The van der Waals surface area contributed by atoms with Gasteiger partial charge in [-0.25, -0.2) is 0 Å². The second-order valence-electron chi connectivity index (χ2n) is 3.77. The first-order chi connectivity index (χ1) is 9.16. The summed E-state index contributed by atoms with van der Waals surface area (Å²) >= 11 is 13.4. The average molecular weight is 312 g/mol. The molecule has 3 rings (SSSR count). The van der Waals surface area contributed by atoms with Crippen molar-refractivity contribution in [2.75, 3.05) is 5.73 Å². The van der Waals surface area contributed by atoms with E-state index in [0.717, 1.165) is 10.4 Å². The molecule has 0 bridgehead atoms. The maximum atomic E-state index is 6.03. The van der Waals surface area contributed by atoms with Crippen molar-refractivity contribution < 1.29 is 4.52 Å². The Morgan fingerprint density at radius 3 is 2.74 bits per heavy atom. The molecule has 0 radical (unpaired) electrons. The fraction of sp³-hybridized carbons (Fsp3) is 0. The van der Waals surface area contributed by atoms with Gasteiger partial charge in [0, 0.05) is 6.20 Å². The monoisotopic (exact) mass is 311 g/mol. The molecule has 0 atom stereocenters. The SMILES string of the molecule is Nc1noc(-c2cncs2)c1-c1ccc(Cl)c(Cl)c1. The molecule has 2 heterocycles. The molecule has 2 aromatic heterocycles. The van der Waals surface area contributed by atoms with E-state index in [1.165, 1.54) is 11.3 Å². The van der Waals surface area contributed by atoms with Crippen LogP contribution in [0.3, 0.4) is 0 Å². The minimum Gasteiger partial charge on any atom is -0.380 e. The summed E-state index contributed by atoms with van der Waals surface area (Å²) in [4.78, 5) is 4.87. The number of nitrogens with zero attached hydrogens (tertiary/aromatic N) is 2. The van der Waals surface area contributed by atoms with Crippen molar-refractivity contribution in [3.8, 4) is 21.8 Å². The zero-order valence-corrected chi connectivity index (χ0v) is 11.8. The van der Waals surface area contributed by atoms with Gasteiger partial charge in [0.15, 0.2) is 11.6 Å². The third kappa shape index (κ3) is 2.20. The van der Waals surface area contributed by atoms with Crippen LogP contribution in [0, 0.1) is 0 Å². The zero-order chi connectivity index (χ0) is 13.4. The molecule has 0 aliphatic rings. The number of aromatic nitrogens is 2. The van der Waals surface area contributed by atoms with E-state index in [-0.39, 0.29) is 0 Å². The molecule has 0 amide bonds. The number of nitrogen functional groups attached to an aromatic ring is 1. The predicted molar refractivity (Wildman–Crippen MR) is 77.5 cm³/mol. The summed E-state index contributed by atoms with van der Waals surface area (Å²) in [5, 5.41) is 4.75. The van der Waals surface area contributed by atoms with Gasteiger partial charge in [0.1, 0.15) is 0 Å². The number of hydrogen-bond acceptors (Lipinski definition) is 5. The average Bonchev–Trinajstić information content (AvgIpc) is 3.01. The maximum absolute atomic E-state index is 6.03. The Hall–Kier alpha value is -1.56. The lowest BCUT2D eigenvalue weighted by molar-refractivity contribution is 0.437. The highest BCUT2D eigenvalue weighted by atomic mass is 35.5. The van der Waals surface area contributed by atoms with Crippen LogP contribution in [-0.4, -0.2) is 10.1 Å². The van der Waals surface area contributed by atoms with E-state index < -0.39 is 0 Å². The third-order valence-electron chi connectivity index (χ3n) is 2.58. The van der Waals surface area contributed by atoms with Crippen molar-refractivity contribution >= 4 is 40.4 Å². The highest BCUT2D eigenvalue weighted by molar-refractivity contribution is 7.13. The van der Waals surface area contributed by atoms with Gasteiger partial charge >= 0.3 is 0 Å². The van der Waals surface area contributed by atoms with E-state index in [9.17, 15) is 0 Å². The molecule has 2 N–H and O–H groups in total. The molecule has 0 unspecified atom stereocenters. The number of rotatable bonds is 2. The molecule has 19 heavy (non-hydrogen) atoms. The van der Waals surface area contributed by atoms with E-state index >= 15 is 0 Å². The standard InChI is InChI=1S/C12H7Cl2N3OS/c13-7-2-1-6(3-8(7)14)10-11(18-17-12(10)15)9-4-16-5-19-9/h1-5H,(H2,15,17). The quantitative estimate of drug-likeness (QED) is 0.764. The first-order valence-corrected chi connectivity index (χ1v) is 6.90. The molecule has 0 saturated carbocycles. The highest BCUT2D eigenvalue weighted by Crippen LogP contribution is 2.39. The van der Waals surface area contributed by atoms with Crippen LogP contribution >= 0.6 is 34.5 Å². The van der Waals surface area contributed by atoms with Crippen LogP contribution in [0.5, 0.6) is 0 Å². The molecule has 4 nitrogen and oxygen atoms in total. The lowest BCUT2D eigenvalue weighted by atomic mass is 10.1. The Bertz CT molecular complexity index is 725. The summed E-state index contributed by atoms with van der Waals surface area (Å²) in [6.07, 6.45) is 1.70. The molecule has 0 aliphatic carbocycles. The molecule has 1 aromatic carbocycles. The minimum absolute atomic E-state index is 0.307. The van der Waals surface area contributed by atoms with E-state index in [0.29, 0.717) is 27.2 Å². The molecule has 0 aliphatic heterocycles. The van der Waals surface area contributed by atoms with Gasteiger partial charge in [0.05, 0.1) is 26.0 Å². The Morgan fingerprint density at radius 1 is 1.21 bits per heavy atom. The summed E-state index contributed by atoms with van der Waals surface area (Å²) in [5.41, 5.74) is 9.09. The van der Waals surface area contributed by atoms with Crippen LogP contribution < -0.4 is 5.73 Å². The van der Waals surface area contributed by atoms with Crippen LogP contribution in [0.1, 0.15) is 0 Å². The fourth-order valence-electron chi connectivity index (χ4n) is 1.73. The highest BCUT2D eigenvalue weighted by Gasteiger charge is 2.19. The summed E-state index contributed by atoms with van der Waals surface area (Å²) < 4.78 is 5.28. The van der Waals surface area contributed by atoms with Gasteiger partial charge in [-0.15, -0.1) is 11.3 Å². The van der Waals surface area contributed by atoms with Crippen molar-refractivity contribution in [2.24, 2.45) is 0 Å². The zero-order valence-electron chi connectivity index (χ0n) is 9.43. The molecule has 0 spiro atoms. The van der Waals surface area contributed by atoms with E-state index in [2.05, 4.69) is 10.1 Å². The van der Waals surface area contributed by atoms with Crippen molar-refractivity contribution in [3.05, 3.63) is 40.0 Å². The van der Waals surface area contributed by atoms with Gasteiger partial charge in [-0.2, -0.15) is 0 Å². The molecule has 96 valence electrons. The second-order valence-corrected chi connectivity index (χ2v) is 5.47. The normalized spacial score (nSPS) is 10.8. The van der Waals surface area contributed by atoms with Gasteiger partial charge in [-0.1, -0.05) is 34.4 Å². The second kappa shape index (κ2) is 4.85. The minimum atomic E-state index is 0.307. The maximum Gasteiger partial charge on any atom is 0.188 e. The first-order valence-electron chi connectivity index (χ1n) is 5.26. The summed E-state index contributed by atoms with van der Waals surface area (Å²) in [5.74, 6) is 0.889. The van der Waals surface area contributed by atoms with Crippen molar-refractivity contribution in [1.82, 2.24) is 10.1 Å². The number of benzene rings is 1. The van der Waals surface area contributed by atoms with E-state index in [4.69, 9.17) is 33.5 Å². The number of nitrogens with two attached hydrogens (primary N) is 1. The number of anilines is 1. The third-order valence-corrected chi connectivity index (χ3v) is 4.09. The van der Waals surface area contributed by atoms with Gasteiger partial charge < -0.3 is 10.3 Å². The Balaban J connectivity index is 2.19. The summed E-state index contributed by atoms with van der Waals surface area (Å²) in [7, 11) is 0. The number of thiazole rings is 1. The molecular weight excluding hydrogens is 305 g/mol. The van der Waals surface area contributed by atoms with Crippen LogP contribution in [-0.2, 0) is 0 Å². The molecular formula is C12H7Cl2N3OS. The Labute approximate surface area is 122 Å². The van der Waals surface area contributed by atoms with Gasteiger partial charge in [-0.3, -0.25) is 4.98 Å². The van der Waals surface area contributed by atoms with Crippen LogP contribution in [0.2, 0.25) is 10.0 Å². The van der Waals surface area contributed by atoms with Crippen molar-refractivity contribution in [3.63, 3.8) is 0 Å². The molecule has 3 aromatic rings. The first kappa shape index (κ1) is 12.5. The van der Waals surface area contributed by atoms with Crippen LogP contribution in [0.4, 0.5) is 5.82 Å².